The molecule has 1 heterocycles. The number of benzene rings is 2. The van der Waals surface area contributed by atoms with E-state index >= 15 is 0 Å². The molecule has 0 radical (unpaired) electrons. The molecule has 0 atom stereocenters. The van der Waals surface area contributed by atoms with Crippen LogP contribution in [-0.4, -0.2) is 44.6 Å². The van der Waals surface area contributed by atoms with Gasteiger partial charge in [-0.15, -0.1) is 10.2 Å². The van der Waals surface area contributed by atoms with Gasteiger partial charge in [0.25, 0.3) is 0 Å². The number of phenols is 1. The lowest BCUT2D eigenvalue weighted by Gasteiger charge is -2.08. The van der Waals surface area contributed by atoms with Crippen LogP contribution in [0.1, 0.15) is 10.4 Å². The number of hydrogen-bond acceptors (Lipinski definition) is 7. The Balaban J connectivity index is 1.68. The topological polar surface area (TPSA) is 106 Å². The van der Waals surface area contributed by atoms with Crippen LogP contribution < -0.4 is 5.32 Å². The van der Waals surface area contributed by atoms with Crippen molar-refractivity contribution in [1.29, 1.82) is 0 Å². The molecule has 0 aliphatic carbocycles. The summed E-state index contributed by atoms with van der Waals surface area (Å²) in [7, 11) is 3.00. The van der Waals surface area contributed by atoms with E-state index in [0.29, 0.717) is 22.2 Å². The summed E-state index contributed by atoms with van der Waals surface area (Å²) >= 11 is 10.5. The van der Waals surface area contributed by atoms with Gasteiger partial charge in [0.2, 0.25) is 5.91 Å². The van der Waals surface area contributed by atoms with Gasteiger partial charge in [-0.25, -0.2) is 4.79 Å². The molecule has 1 aromatic heterocycles. The lowest BCUT2D eigenvalue weighted by atomic mass is 10.2. The molecule has 1 amide bonds. The molecule has 8 nitrogen and oxygen atoms in total. The monoisotopic (exact) mass is 510 g/mol. The van der Waals surface area contributed by atoms with Gasteiger partial charge in [-0.1, -0.05) is 39.3 Å². The first-order valence-electron chi connectivity index (χ1n) is 8.49. The van der Waals surface area contributed by atoms with Gasteiger partial charge in [-0.3, -0.25) is 4.79 Å². The fraction of sp³-hybridized carbons (Fsp3) is 0.158. The van der Waals surface area contributed by atoms with Crippen molar-refractivity contribution in [3.63, 3.8) is 0 Å². The number of halogens is 2. The van der Waals surface area contributed by atoms with Gasteiger partial charge < -0.3 is 19.7 Å². The zero-order valence-electron chi connectivity index (χ0n) is 15.8. The molecule has 3 aromatic rings. The van der Waals surface area contributed by atoms with Crippen molar-refractivity contribution < 1.29 is 19.4 Å². The van der Waals surface area contributed by atoms with Crippen molar-refractivity contribution in [1.82, 2.24) is 14.8 Å². The number of anilines is 1. The molecule has 0 unspecified atom stereocenters. The van der Waals surface area contributed by atoms with Crippen LogP contribution in [0.4, 0.5) is 5.69 Å². The molecule has 3 rings (SSSR count). The second-order valence-corrected chi connectivity index (χ2v) is 8.32. The van der Waals surface area contributed by atoms with Crippen LogP contribution in [0.25, 0.3) is 11.4 Å². The largest absolute Gasteiger partial charge is 0.507 e. The number of carbonyl (C=O) groups is 2. The molecule has 0 fully saturated rings. The molecule has 0 aliphatic heterocycles. The zero-order chi connectivity index (χ0) is 21.8. The van der Waals surface area contributed by atoms with Crippen molar-refractivity contribution in [3.05, 3.63) is 51.5 Å². The number of ether oxygens (including phenoxy) is 1. The van der Waals surface area contributed by atoms with E-state index in [2.05, 4.69) is 36.2 Å². The minimum atomic E-state index is -0.590. The molecule has 30 heavy (non-hydrogen) atoms. The average molecular weight is 512 g/mol. The van der Waals surface area contributed by atoms with E-state index < -0.39 is 5.97 Å². The molecule has 0 aliphatic rings. The standard InChI is InChI=1S/C19H16BrClN4O4S/c1-25-17(13-7-10(20)3-6-15(13)26)23-24-19(25)30-9-16(27)22-11-4-5-14(21)12(8-11)18(28)29-2/h3-8,26H,9H2,1-2H3,(H,22,27). The SMILES string of the molecule is COC(=O)c1cc(NC(=O)CSc2nnc(-c3cc(Br)ccc3O)n2C)ccc1Cl. The maximum atomic E-state index is 12.3. The summed E-state index contributed by atoms with van der Waals surface area (Å²) in [4.78, 5) is 24.0. The molecule has 2 N–H and O–H groups in total. The number of amides is 1. The number of carbonyl (C=O) groups excluding carboxylic acids is 2. The second kappa shape index (κ2) is 9.50. The smallest absolute Gasteiger partial charge is 0.339 e. The van der Waals surface area contributed by atoms with E-state index in [1.807, 2.05) is 0 Å². The van der Waals surface area contributed by atoms with E-state index in [1.165, 1.54) is 31.0 Å². The Morgan fingerprint density at radius 2 is 2.03 bits per heavy atom. The van der Waals surface area contributed by atoms with E-state index in [0.717, 1.165) is 4.47 Å². The summed E-state index contributed by atoms with van der Waals surface area (Å²) in [5, 5.41) is 21.7. The van der Waals surface area contributed by atoms with Crippen LogP contribution in [0.15, 0.2) is 46.0 Å². The van der Waals surface area contributed by atoms with Crippen LogP contribution in [0.2, 0.25) is 5.02 Å². The Hall–Kier alpha value is -2.56. The van der Waals surface area contributed by atoms with E-state index in [4.69, 9.17) is 11.6 Å². The van der Waals surface area contributed by atoms with Gasteiger partial charge >= 0.3 is 5.97 Å². The Labute approximate surface area is 189 Å². The van der Waals surface area contributed by atoms with Gasteiger partial charge in [0, 0.05) is 17.2 Å². The number of methoxy groups -OCH3 is 1. The lowest BCUT2D eigenvalue weighted by Crippen LogP contribution is -2.15. The maximum absolute atomic E-state index is 12.3. The number of rotatable bonds is 6. The Morgan fingerprint density at radius 1 is 1.27 bits per heavy atom. The summed E-state index contributed by atoms with van der Waals surface area (Å²) in [5.74, 6) is -0.280. The van der Waals surface area contributed by atoms with Crippen LogP contribution >= 0.6 is 39.3 Å². The van der Waals surface area contributed by atoms with Crippen molar-refractivity contribution in [2.45, 2.75) is 5.16 Å². The molecule has 156 valence electrons. The number of thioether (sulfide) groups is 1. The third-order valence-electron chi connectivity index (χ3n) is 4.02. The second-order valence-electron chi connectivity index (χ2n) is 6.05. The van der Waals surface area contributed by atoms with E-state index in [1.54, 1.807) is 35.9 Å². The average Bonchev–Trinajstić information content (AvgIpc) is 3.09. The van der Waals surface area contributed by atoms with Gasteiger partial charge in [-0.2, -0.15) is 0 Å². The lowest BCUT2D eigenvalue weighted by molar-refractivity contribution is -0.113. The number of phenolic OH excluding ortho intramolecular Hbond substituents is 1. The first-order chi connectivity index (χ1) is 14.3. The molecule has 11 heteroatoms. The quantitative estimate of drug-likeness (QED) is 0.379. The van der Waals surface area contributed by atoms with Crippen LogP contribution in [-0.2, 0) is 16.6 Å². The highest BCUT2D eigenvalue weighted by Gasteiger charge is 2.17. The molecular weight excluding hydrogens is 496 g/mol. The molecule has 0 saturated carbocycles. The highest BCUT2D eigenvalue weighted by molar-refractivity contribution is 9.10. The van der Waals surface area contributed by atoms with Crippen molar-refractivity contribution >= 4 is 56.9 Å². The summed E-state index contributed by atoms with van der Waals surface area (Å²) in [6.07, 6.45) is 0. The Bertz CT molecular complexity index is 1120. The zero-order valence-corrected chi connectivity index (χ0v) is 19.0. The third kappa shape index (κ3) is 4.94. The van der Waals surface area contributed by atoms with Crippen LogP contribution in [0, 0.1) is 0 Å². The predicted molar refractivity (Wildman–Crippen MR) is 118 cm³/mol. The minimum absolute atomic E-state index is 0.0621. The Kier molecular flexibility index (Phi) is 7.01. The van der Waals surface area contributed by atoms with Gasteiger partial charge in [0.1, 0.15) is 5.75 Å². The van der Waals surface area contributed by atoms with Crippen molar-refractivity contribution in [3.8, 4) is 17.1 Å². The fourth-order valence-electron chi connectivity index (χ4n) is 2.56. The summed E-state index contributed by atoms with van der Waals surface area (Å²) in [5.41, 5.74) is 1.10. The minimum Gasteiger partial charge on any atom is -0.507 e. The van der Waals surface area contributed by atoms with Crippen LogP contribution in [0.5, 0.6) is 5.75 Å². The fourth-order valence-corrected chi connectivity index (χ4v) is 3.83. The van der Waals surface area contributed by atoms with Crippen LogP contribution in [0.3, 0.4) is 0 Å². The molecule has 0 saturated heterocycles. The van der Waals surface area contributed by atoms with Gasteiger partial charge in [0.05, 0.1) is 29.0 Å². The van der Waals surface area contributed by atoms with E-state index in [-0.39, 0.29) is 28.0 Å². The third-order valence-corrected chi connectivity index (χ3v) is 5.87. The van der Waals surface area contributed by atoms with E-state index in [9.17, 15) is 14.7 Å². The predicted octanol–water partition coefficient (Wildman–Crippen LogP) is 4.12. The van der Waals surface area contributed by atoms with Gasteiger partial charge in [-0.05, 0) is 36.4 Å². The molecular formula is C19H16BrClN4O4S. The molecule has 2 aromatic carbocycles. The van der Waals surface area contributed by atoms with Crippen molar-refractivity contribution in [2.24, 2.45) is 7.05 Å². The van der Waals surface area contributed by atoms with Crippen molar-refractivity contribution in [2.75, 3.05) is 18.2 Å². The highest BCUT2D eigenvalue weighted by atomic mass is 79.9. The number of esters is 1. The Morgan fingerprint density at radius 3 is 2.77 bits per heavy atom. The molecule has 0 spiro atoms. The normalized spacial score (nSPS) is 10.7. The highest BCUT2D eigenvalue weighted by Crippen LogP contribution is 2.32. The summed E-state index contributed by atoms with van der Waals surface area (Å²) in [6.45, 7) is 0. The van der Waals surface area contributed by atoms with Gasteiger partial charge in [0.15, 0.2) is 11.0 Å². The first kappa shape index (κ1) is 22.1. The summed E-state index contributed by atoms with van der Waals surface area (Å²) in [6, 6.07) is 9.57. The number of aromatic hydroxyl groups is 1. The first-order valence-corrected chi connectivity index (χ1v) is 10.6. The summed E-state index contributed by atoms with van der Waals surface area (Å²) < 4.78 is 7.16. The number of aromatic nitrogens is 3. The molecule has 0 bridgehead atoms. The maximum Gasteiger partial charge on any atom is 0.339 e. The number of nitrogens with zero attached hydrogens (tertiary/aromatic N) is 3. The number of nitrogens with one attached hydrogen (secondary N) is 1. The number of hydrogen-bond donors (Lipinski definition) is 2.